The average Bonchev–Trinajstić information content (AvgIpc) is 3.34. The highest BCUT2D eigenvalue weighted by atomic mass is 79.9. The van der Waals surface area contributed by atoms with Crippen LogP contribution in [0, 0.1) is 4.77 Å². The topological polar surface area (TPSA) is 71.9 Å². The number of benzene rings is 1. The second-order valence-electron chi connectivity index (χ2n) is 5.79. The minimum Gasteiger partial charge on any atom is -0.496 e. The number of ether oxygens (including phenoxy) is 1. The van der Waals surface area contributed by atoms with E-state index < -0.39 is 0 Å². The Labute approximate surface area is 153 Å². The maximum absolute atomic E-state index is 12.1. The van der Waals surface area contributed by atoms with Crippen molar-refractivity contribution in [1.82, 2.24) is 20.1 Å². The lowest BCUT2D eigenvalue weighted by molar-refractivity contribution is -0.121. The maximum atomic E-state index is 12.1. The van der Waals surface area contributed by atoms with Crippen LogP contribution in [0.5, 0.6) is 5.75 Å². The monoisotopic (exact) mass is 410 g/mol. The molecule has 1 aromatic carbocycles. The molecule has 0 radical (unpaired) electrons. The van der Waals surface area contributed by atoms with Crippen LogP contribution in [0.2, 0.25) is 0 Å². The van der Waals surface area contributed by atoms with E-state index in [1.165, 1.54) is 0 Å². The molecule has 6 nitrogen and oxygen atoms in total. The van der Waals surface area contributed by atoms with Gasteiger partial charge in [-0.05, 0) is 65.1 Å². The Balaban J connectivity index is 1.51. The van der Waals surface area contributed by atoms with E-state index in [0.717, 1.165) is 34.5 Å². The highest BCUT2D eigenvalue weighted by Gasteiger charge is 2.27. The zero-order valence-electron chi connectivity index (χ0n) is 13.3. The molecule has 1 fully saturated rings. The Hall–Kier alpha value is -1.67. The summed E-state index contributed by atoms with van der Waals surface area (Å²) < 4.78 is 8.73. The first-order valence-electron chi connectivity index (χ1n) is 7.83. The largest absolute Gasteiger partial charge is 0.496 e. The molecule has 1 aliphatic carbocycles. The van der Waals surface area contributed by atoms with Gasteiger partial charge < -0.3 is 10.1 Å². The molecule has 2 aromatic rings. The van der Waals surface area contributed by atoms with Gasteiger partial charge in [0.1, 0.15) is 5.75 Å². The number of hydrogen-bond acceptors (Lipinski definition) is 4. The molecule has 24 heavy (non-hydrogen) atoms. The number of carbonyl (C=O) groups is 1. The molecule has 1 amide bonds. The first-order chi connectivity index (χ1) is 11.6. The van der Waals surface area contributed by atoms with E-state index in [-0.39, 0.29) is 5.91 Å². The van der Waals surface area contributed by atoms with E-state index in [9.17, 15) is 4.79 Å². The smallest absolute Gasteiger partial charge is 0.220 e. The number of hydrogen-bond donors (Lipinski definition) is 2. The molecule has 0 bridgehead atoms. The van der Waals surface area contributed by atoms with Gasteiger partial charge in [-0.2, -0.15) is 5.10 Å². The Morgan fingerprint density at radius 3 is 3.00 bits per heavy atom. The van der Waals surface area contributed by atoms with Crippen molar-refractivity contribution >= 4 is 34.1 Å². The standard InChI is InChI=1S/C16H19BrN4O2S/c1-23-13-6-2-10(8-12(13)17)3-7-15(22)18-9-14-19-20-16(24)21(14)11-4-5-11/h2,6,8,11H,3-5,7,9H2,1H3,(H,18,22)(H,20,24). The molecule has 0 spiro atoms. The molecule has 1 aromatic heterocycles. The number of methoxy groups -OCH3 is 1. The molecule has 128 valence electrons. The number of nitrogens with zero attached hydrogens (tertiary/aromatic N) is 2. The zero-order valence-corrected chi connectivity index (χ0v) is 15.7. The van der Waals surface area contributed by atoms with E-state index in [4.69, 9.17) is 17.0 Å². The van der Waals surface area contributed by atoms with Crippen LogP contribution >= 0.6 is 28.1 Å². The highest BCUT2D eigenvalue weighted by molar-refractivity contribution is 9.10. The molecule has 1 aliphatic rings. The van der Waals surface area contributed by atoms with Crippen LogP contribution in [0.3, 0.4) is 0 Å². The van der Waals surface area contributed by atoms with Crippen molar-refractivity contribution in [2.24, 2.45) is 0 Å². The van der Waals surface area contributed by atoms with Gasteiger partial charge in [0.25, 0.3) is 0 Å². The fourth-order valence-corrected chi connectivity index (χ4v) is 3.45. The number of rotatable bonds is 7. The van der Waals surface area contributed by atoms with E-state index in [0.29, 0.717) is 30.2 Å². The highest BCUT2D eigenvalue weighted by Crippen LogP contribution is 2.35. The van der Waals surface area contributed by atoms with Crippen LogP contribution in [0.4, 0.5) is 0 Å². The number of H-pyrrole nitrogens is 1. The molecule has 0 unspecified atom stereocenters. The van der Waals surface area contributed by atoms with Gasteiger partial charge in [-0.1, -0.05) is 6.07 Å². The number of halogens is 1. The van der Waals surface area contributed by atoms with Crippen molar-refractivity contribution in [2.75, 3.05) is 7.11 Å². The Kier molecular flexibility index (Phi) is 5.35. The summed E-state index contributed by atoms with van der Waals surface area (Å²) in [7, 11) is 1.63. The van der Waals surface area contributed by atoms with Crippen LogP contribution in [0.25, 0.3) is 0 Å². The average molecular weight is 411 g/mol. The van der Waals surface area contributed by atoms with Gasteiger partial charge in [-0.25, -0.2) is 0 Å². The Morgan fingerprint density at radius 1 is 1.54 bits per heavy atom. The van der Waals surface area contributed by atoms with Crippen molar-refractivity contribution in [2.45, 2.75) is 38.3 Å². The molecule has 3 rings (SSSR count). The molecule has 0 saturated heterocycles. The molecular weight excluding hydrogens is 392 g/mol. The van der Waals surface area contributed by atoms with Gasteiger partial charge in [0.05, 0.1) is 18.1 Å². The summed E-state index contributed by atoms with van der Waals surface area (Å²) >= 11 is 8.69. The van der Waals surface area contributed by atoms with Gasteiger partial charge in [0, 0.05) is 12.5 Å². The number of amides is 1. The first-order valence-corrected chi connectivity index (χ1v) is 9.03. The lowest BCUT2D eigenvalue weighted by atomic mass is 10.1. The normalized spacial score (nSPS) is 13.8. The van der Waals surface area contributed by atoms with Crippen molar-refractivity contribution in [3.8, 4) is 5.75 Å². The molecule has 2 N–H and O–H groups in total. The molecule has 8 heteroatoms. The third kappa shape index (κ3) is 4.05. The summed E-state index contributed by atoms with van der Waals surface area (Å²) in [6.45, 7) is 0.398. The van der Waals surface area contributed by atoms with Gasteiger partial charge >= 0.3 is 0 Å². The number of aromatic amines is 1. The first kappa shape index (κ1) is 17.2. The van der Waals surface area contributed by atoms with Crippen LogP contribution in [-0.2, 0) is 17.8 Å². The van der Waals surface area contributed by atoms with Crippen molar-refractivity contribution < 1.29 is 9.53 Å². The maximum Gasteiger partial charge on any atom is 0.220 e. The number of aromatic nitrogens is 3. The Bertz CT molecular complexity index is 798. The lowest BCUT2D eigenvalue weighted by Gasteiger charge is -2.08. The van der Waals surface area contributed by atoms with Crippen LogP contribution in [0.1, 0.15) is 36.7 Å². The molecule has 1 saturated carbocycles. The molecular formula is C16H19BrN4O2S. The zero-order chi connectivity index (χ0) is 17.1. The summed E-state index contributed by atoms with van der Waals surface area (Å²) in [5.41, 5.74) is 1.08. The van der Waals surface area contributed by atoms with Crippen LogP contribution < -0.4 is 10.1 Å². The lowest BCUT2D eigenvalue weighted by Crippen LogP contribution is -2.25. The van der Waals surface area contributed by atoms with Crippen LogP contribution in [-0.4, -0.2) is 27.8 Å². The summed E-state index contributed by atoms with van der Waals surface area (Å²) in [6, 6.07) is 6.28. The Morgan fingerprint density at radius 2 is 2.33 bits per heavy atom. The number of aryl methyl sites for hydroxylation is 1. The molecule has 1 heterocycles. The second kappa shape index (κ2) is 7.48. The fourth-order valence-electron chi connectivity index (χ4n) is 2.56. The van der Waals surface area contributed by atoms with E-state index in [1.54, 1.807) is 7.11 Å². The summed E-state index contributed by atoms with van der Waals surface area (Å²) in [5, 5.41) is 9.93. The quantitative estimate of drug-likeness (QED) is 0.686. The van der Waals surface area contributed by atoms with Gasteiger partial charge in [-0.3, -0.25) is 14.5 Å². The van der Waals surface area contributed by atoms with Crippen molar-refractivity contribution in [1.29, 1.82) is 0 Å². The minimum atomic E-state index is -0.00166. The summed E-state index contributed by atoms with van der Waals surface area (Å²) in [4.78, 5) is 12.1. The fraction of sp³-hybridized carbons (Fsp3) is 0.438. The van der Waals surface area contributed by atoms with E-state index in [2.05, 4.69) is 31.4 Å². The number of nitrogens with one attached hydrogen (secondary N) is 2. The van der Waals surface area contributed by atoms with Gasteiger partial charge in [0.2, 0.25) is 5.91 Å². The SMILES string of the molecule is COc1ccc(CCC(=O)NCc2n[nH]c(=S)n2C2CC2)cc1Br. The predicted octanol–water partition coefficient (Wildman–Crippen LogP) is 3.30. The minimum absolute atomic E-state index is 0.00166. The van der Waals surface area contributed by atoms with Crippen molar-refractivity contribution in [3.05, 3.63) is 38.8 Å². The number of carbonyl (C=O) groups excluding carboxylic acids is 1. The predicted molar refractivity (Wildman–Crippen MR) is 96.5 cm³/mol. The van der Waals surface area contributed by atoms with Gasteiger partial charge in [-0.15, -0.1) is 0 Å². The third-order valence-electron chi connectivity index (χ3n) is 3.99. The van der Waals surface area contributed by atoms with Gasteiger partial charge in [0.15, 0.2) is 10.6 Å². The van der Waals surface area contributed by atoms with Crippen LogP contribution in [0.15, 0.2) is 22.7 Å². The van der Waals surface area contributed by atoms with E-state index in [1.807, 2.05) is 22.8 Å². The summed E-state index contributed by atoms with van der Waals surface area (Å²) in [6.07, 6.45) is 3.35. The second-order valence-corrected chi connectivity index (χ2v) is 7.03. The molecule has 0 atom stereocenters. The third-order valence-corrected chi connectivity index (χ3v) is 4.90. The molecule has 0 aliphatic heterocycles. The summed E-state index contributed by atoms with van der Waals surface area (Å²) in [5.74, 6) is 1.58. The van der Waals surface area contributed by atoms with E-state index >= 15 is 0 Å². The van der Waals surface area contributed by atoms with Crippen molar-refractivity contribution in [3.63, 3.8) is 0 Å².